The summed E-state index contributed by atoms with van der Waals surface area (Å²) in [5, 5.41) is 4.35. The molecule has 0 unspecified atom stereocenters. The van der Waals surface area contributed by atoms with Crippen LogP contribution in [0.15, 0.2) is 12.4 Å². The maximum absolute atomic E-state index is 4.35. The van der Waals surface area contributed by atoms with Gasteiger partial charge in [0, 0.05) is 12.2 Å². The topological polar surface area (TPSA) is 17.8 Å². The molecule has 0 atom stereocenters. The van der Waals surface area contributed by atoms with Crippen molar-refractivity contribution in [3.05, 3.63) is 18.0 Å². The van der Waals surface area contributed by atoms with E-state index in [-0.39, 0.29) is 0 Å². The SMILES string of the molecule is CCC(CC)c1cnn(C(C)C)c1. The molecule has 2 nitrogen and oxygen atoms in total. The third-order valence-corrected chi connectivity index (χ3v) is 2.61. The molecule has 0 saturated heterocycles. The molecule has 0 aromatic carbocycles. The van der Waals surface area contributed by atoms with Crippen LogP contribution in [-0.2, 0) is 0 Å². The zero-order valence-corrected chi connectivity index (χ0v) is 9.12. The van der Waals surface area contributed by atoms with Crippen molar-refractivity contribution in [3.63, 3.8) is 0 Å². The van der Waals surface area contributed by atoms with E-state index in [9.17, 15) is 0 Å². The van der Waals surface area contributed by atoms with E-state index in [1.807, 2.05) is 10.9 Å². The molecule has 0 fully saturated rings. The Bertz CT molecular complexity index is 246. The van der Waals surface area contributed by atoms with Crippen molar-refractivity contribution in [2.24, 2.45) is 0 Å². The maximum Gasteiger partial charge on any atom is 0.0524 e. The van der Waals surface area contributed by atoms with E-state index in [4.69, 9.17) is 0 Å². The van der Waals surface area contributed by atoms with Gasteiger partial charge in [-0.25, -0.2) is 0 Å². The minimum atomic E-state index is 0.475. The summed E-state index contributed by atoms with van der Waals surface area (Å²) in [6.07, 6.45) is 6.61. The lowest BCUT2D eigenvalue weighted by Crippen LogP contribution is -2.00. The molecule has 0 aliphatic rings. The van der Waals surface area contributed by atoms with Gasteiger partial charge in [-0.1, -0.05) is 13.8 Å². The van der Waals surface area contributed by atoms with Crippen LogP contribution in [0.5, 0.6) is 0 Å². The van der Waals surface area contributed by atoms with Gasteiger partial charge in [-0.05, 0) is 38.2 Å². The first kappa shape index (κ1) is 10.3. The van der Waals surface area contributed by atoms with E-state index >= 15 is 0 Å². The average Bonchev–Trinajstić information content (AvgIpc) is 2.56. The number of nitrogens with zero attached hydrogens (tertiary/aromatic N) is 2. The Morgan fingerprint density at radius 2 is 1.92 bits per heavy atom. The summed E-state index contributed by atoms with van der Waals surface area (Å²) >= 11 is 0. The van der Waals surface area contributed by atoms with Crippen molar-refractivity contribution in [1.82, 2.24) is 9.78 Å². The summed E-state index contributed by atoms with van der Waals surface area (Å²) in [7, 11) is 0. The number of hydrogen-bond acceptors (Lipinski definition) is 1. The fourth-order valence-electron chi connectivity index (χ4n) is 1.61. The molecule has 1 heterocycles. The van der Waals surface area contributed by atoms with E-state index in [1.54, 1.807) is 0 Å². The standard InChI is InChI=1S/C11H20N2/c1-5-10(6-2)11-7-12-13(8-11)9(3)4/h7-10H,5-6H2,1-4H3. The monoisotopic (exact) mass is 180 g/mol. The largest absolute Gasteiger partial charge is 0.270 e. The molecule has 1 aromatic rings. The van der Waals surface area contributed by atoms with Crippen LogP contribution in [-0.4, -0.2) is 9.78 Å². The zero-order valence-electron chi connectivity index (χ0n) is 9.12. The van der Waals surface area contributed by atoms with E-state index in [2.05, 4.69) is 39.0 Å². The van der Waals surface area contributed by atoms with Crippen molar-refractivity contribution in [1.29, 1.82) is 0 Å². The van der Waals surface area contributed by atoms with Gasteiger partial charge >= 0.3 is 0 Å². The third kappa shape index (κ3) is 2.33. The second kappa shape index (κ2) is 4.45. The van der Waals surface area contributed by atoms with Crippen molar-refractivity contribution in [2.45, 2.75) is 52.5 Å². The van der Waals surface area contributed by atoms with Crippen molar-refractivity contribution < 1.29 is 0 Å². The van der Waals surface area contributed by atoms with Crippen LogP contribution in [0, 0.1) is 0 Å². The molecular weight excluding hydrogens is 160 g/mol. The first-order chi connectivity index (χ1) is 6.19. The minimum absolute atomic E-state index is 0.475. The van der Waals surface area contributed by atoms with Gasteiger partial charge in [-0.2, -0.15) is 5.10 Å². The molecule has 74 valence electrons. The molecule has 1 rings (SSSR count). The lowest BCUT2D eigenvalue weighted by atomic mass is 9.97. The Kier molecular flexibility index (Phi) is 3.52. The van der Waals surface area contributed by atoms with E-state index in [0.29, 0.717) is 12.0 Å². The fraction of sp³-hybridized carbons (Fsp3) is 0.727. The van der Waals surface area contributed by atoms with Gasteiger partial charge in [0.1, 0.15) is 0 Å². The minimum Gasteiger partial charge on any atom is -0.270 e. The lowest BCUT2D eigenvalue weighted by molar-refractivity contribution is 0.530. The van der Waals surface area contributed by atoms with Crippen LogP contribution >= 0.6 is 0 Å². The van der Waals surface area contributed by atoms with Crippen LogP contribution < -0.4 is 0 Å². The molecule has 0 bridgehead atoms. The zero-order chi connectivity index (χ0) is 9.84. The summed E-state index contributed by atoms with van der Waals surface area (Å²) in [6, 6.07) is 0.475. The molecule has 0 radical (unpaired) electrons. The summed E-state index contributed by atoms with van der Waals surface area (Å²) in [4.78, 5) is 0. The van der Waals surface area contributed by atoms with Gasteiger partial charge < -0.3 is 0 Å². The Labute approximate surface area is 81.0 Å². The van der Waals surface area contributed by atoms with Gasteiger partial charge in [0.2, 0.25) is 0 Å². The van der Waals surface area contributed by atoms with Gasteiger partial charge in [-0.3, -0.25) is 4.68 Å². The second-order valence-electron chi connectivity index (χ2n) is 3.86. The van der Waals surface area contributed by atoms with Crippen LogP contribution in [0.3, 0.4) is 0 Å². The number of aromatic nitrogens is 2. The van der Waals surface area contributed by atoms with Crippen LogP contribution in [0.4, 0.5) is 0 Å². The molecule has 1 aromatic heterocycles. The van der Waals surface area contributed by atoms with Crippen molar-refractivity contribution in [2.75, 3.05) is 0 Å². The van der Waals surface area contributed by atoms with Crippen molar-refractivity contribution >= 4 is 0 Å². The highest BCUT2D eigenvalue weighted by Gasteiger charge is 2.09. The molecule has 0 aliphatic carbocycles. The summed E-state index contributed by atoms with van der Waals surface area (Å²) < 4.78 is 2.04. The van der Waals surface area contributed by atoms with E-state index in [0.717, 1.165) is 0 Å². The maximum atomic E-state index is 4.35. The number of hydrogen-bond donors (Lipinski definition) is 0. The quantitative estimate of drug-likeness (QED) is 0.694. The lowest BCUT2D eigenvalue weighted by Gasteiger charge is -2.09. The van der Waals surface area contributed by atoms with E-state index in [1.165, 1.54) is 18.4 Å². The van der Waals surface area contributed by atoms with E-state index < -0.39 is 0 Å². The normalized spacial score (nSPS) is 11.5. The highest BCUT2D eigenvalue weighted by Crippen LogP contribution is 2.22. The summed E-state index contributed by atoms with van der Waals surface area (Å²) in [5.74, 6) is 0.687. The first-order valence-corrected chi connectivity index (χ1v) is 5.23. The van der Waals surface area contributed by atoms with Gasteiger partial charge in [-0.15, -0.1) is 0 Å². The van der Waals surface area contributed by atoms with Crippen molar-refractivity contribution in [3.8, 4) is 0 Å². The molecule has 0 saturated carbocycles. The average molecular weight is 180 g/mol. The Morgan fingerprint density at radius 1 is 1.31 bits per heavy atom. The Hall–Kier alpha value is -0.790. The molecule has 0 spiro atoms. The summed E-state index contributed by atoms with van der Waals surface area (Å²) in [6.45, 7) is 8.79. The number of rotatable bonds is 4. The molecule has 0 aliphatic heterocycles. The third-order valence-electron chi connectivity index (χ3n) is 2.61. The van der Waals surface area contributed by atoms with Gasteiger partial charge in [0.05, 0.1) is 6.20 Å². The van der Waals surface area contributed by atoms with Crippen LogP contribution in [0.25, 0.3) is 0 Å². The fourth-order valence-corrected chi connectivity index (χ4v) is 1.61. The first-order valence-electron chi connectivity index (χ1n) is 5.23. The summed E-state index contributed by atoms with van der Waals surface area (Å²) in [5.41, 5.74) is 1.39. The molecular formula is C11H20N2. The molecule has 2 heteroatoms. The molecule has 0 N–H and O–H groups in total. The predicted molar refractivity (Wildman–Crippen MR) is 55.9 cm³/mol. The van der Waals surface area contributed by atoms with Gasteiger partial charge in [0.15, 0.2) is 0 Å². The van der Waals surface area contributed by atoms with Crippen LogP contribution in [0.1, 0.15) is 58.1 Å². The molecule has 13 heavy (non-hydrogen) atoms. The highest BCUT2D eigenvalue weighted by atomic mass is 15.3. The Balaban J connectivity index is 2.78. The smallest absolute Gasteiger partial charge is 0.0524 e. The van der Waals surface area contributed by atoms with Gasteiger partial charge in [0.25, 0.3) is 0 Å². The Morgan fingerprint density at radius 3 is 2.31 bits per heavy atom. The highest BCUT2D eigenvalue weighted by molar-refractivity contribution is 5.10. The predicted octanol–water partition coefficient (Wildman–Crippen LogP) is 3.37. The second-order valence-corrected chi connectivity index (χ2v) is 3.86. The van der Waals surface area contributed by atoms with Crippen LogP contribution in [0.2, 0.25) is 0 Å². The molecule has 0 amide bonds.